The van der Waals surface area contributed by atoms with Crippen molar-refractivity contribution in [2.75, 3.05) is 5.32 Å². The molecule has 29 heavy (non-hydrogen) atoms. The van der Waals surface area contributed by atoms with Gasteiger partial charge < -0.3 is 9.88 Å². The molecule has 0 aliphatic heterocycles. The maximum Gasteiger partial charge on any atom is 0.310 e. The Hall–Kier alpha value is -3.16. The largest absolute Gasteiger partial charge is 0.325 e. The molecule has 0 amide bonds. The van der Waals surface area contributed by atoms with Crippen molar-refractivity contribution in [2.24, 2.45) is 0 Å². The number of hydrogen-bond donors (Lipinski definition) is 1. The summed E-state index contributed by atoms with van der Waals surface area (Å²) in [4.78, 5) is 15.4. The van der Waals surface area contributed by atoms with Gasteiger partial charge in [0.15, 0.2) is 17.5 Å². The van der Waals surface area contributed by atoms with Crippen molar-refractivity contribution in [2.45, 2.75) is 33.7 Å². The second-order valence-electron chi connectivity index (χ2n) is 6.79. The standard InChI is InChI=1S/C21H19F4N3O/c1-4-14-5-12(3)18(6-11(14)2)26-21-27-20(29)17(24)10-28(21)9-13-7-15(22)19(25)16(23)8-13/h5-8,10H,4,9H2,1-3H3,(H,26,27,29). The molecule has 0 saturated heterocycles. The van der Waals surface area contributed by atoms with Crippen LogP contribution < -0.4 is 10.9 Å². The van der Waals surface area contributed by atoms with Gasteiger partial charge in [-0.3, -0.25) is 4.79 Å². The molecular formula is C21H19F4N3O. The molecule has 0 aliphatic carbocycles. The third-order valence-electron chi connectivity index (χ3n) is 4.66. The molecule has 0 aliphatic rings. The van der Waals surface area contributed by atoms with Crippen LogP contribution in [-0.2, 0) is 13.0 Å². The van der Waals surface area contributed by atoms with Gasteiger partial charge in [-0.05, 0) is 60.7 Å². The van der Waals surface area contributed by atoms with E-state index in [1.165, 1.54) is 4.57 Å². The zero-order chi connectivity index (χ0) is 21.3. The number of rotatable bonds is 5. The molecule has 0 atom stereocenters. The second-order valence-corrected chi connectivity index (χ2v) is 6.79. The summed E-state index contributed by atoms with van der Waals surface area (Å²) in [5.74, 6) is -5.42. The van der Waals surface area contributed by atoms with Gasteiger partial charge in [-0.1, -0.05) is 13.0 Å². The Morgan fingerprint density at radius 1 is 0.966 bits per heavy atom. The lowest BCUT2D eigenvalue weighted by Gasteiger charge is -2.17. The van der Waals surface area contributed by atoms with Crippen molar-refractivity contribution in [1.29, 1.82) is 0 Å². The lowest BCUT2D eigenvalue weighted by atomic mass is 10.0. The third kappa shape index (κ3) is 4.31. The van der Waals surface area contributed by atoms with E-state index in [1.807, 2.05) is 32.9 Å². The van der Waals surface area contributed by atoms with Crippen molar-refractivity contribution in [3.05, 3.63) is 86.3 Å². The fourth-order valence-corrected chi connectivity index (χ4v) is 3.10. The van der Waals surface area contributed by atoms with E-state index in [2.05, 4.69) is 10.3 Å². The average Bonchev–Trinajstić information content (AvgIpc) is 2.66. The van der Waals surface area contributed by atoms with Crippen molar-refractivity contribution < 1.29 is 17.6 Å². The smallest absolute Gasteiger partial charge is 0.310 e. The molecule has 0 radical (unpaired) electrons. The molecule has 1 heterocycles. The summed E-state index contributed by atoms with van der Waals surface area (Å²) in [5, 5.41) is 2.99. The number of aromatic nitrogens is 2. The third-order valence-corrected chi connectivity index (χ3v) is 4.66. The summed E-state index contributed by atoms with van der Waals surface area (Å²) < 4.78 is 55.3. The number of halogens is 4. The molecule has 0 fully saturated rings. The normalized spacial score (nSPS) is 11.0. The molecule has 1 N–H and O–H groups in total. The first kappa shape index (κ1) is 20.6. The maximum atomic E-state index is 13.8. The topological polar surface area (TPSA) is 46.9 Å². The average molecular weight is 405 g/mol. The van der Waals surface area contributed by atoms with E-state index in [1.54, 1.807) is 0 Å². The molecule has 0 saturated carbocycles. The molecular weight excluding hydrogens is 386 g/mol. The Labute approximate surface area is 164 Å². The lowest BCUT2D eigenvalue weighted by molar-refractivity contribution is 0.444. The Bertz CT molecular complexity index is 1120. The van der Waals surface area contributed by atoms with Crippen LogP contribution in [0, 0.1) is 37.1 Å². The minimum Gasteiger partial charge on any atom is -0.325 e. The quantitative estimate of drug-likeness (QED) is 0.491. The molecule has 3 rings (SSSR count). The Morgan fingerprint density at radius 2 is 1.62 bits per heavy atom. The molecule has 1 aromatic heterocycles. The first-order chi connectivity index (χ1) is 13.7. The van der Waals surface area contributed by atoms with Gasteiger partial charge in [0.05, 0.1) is 6.54 Å². The first-order valence-corrected chi connectivity index (χ1v) is 8.97. The number of aryl methyl sites for hydroxylation is 3. The van der Waals surface area contributed by atoms with E-state index in [-0.39, 0.29) is 18.1 Å². The molecule has 8 heteroatoms. The van der Waals surface area contributed by atoms with Crippen LogP contribution in [0.15, 0.2) is 35.3 Å². The van der Waals surface area contributed by atoms with Crippen molar-refractivity contribution >= 4 is 11.6 Å². The van der Waals surface area contributed by atoms with Crippen molar-refractivity contribution in [1.82, 2.24) is 9.55 Å². The van der Waals surface area contributed by atoms with Crippen LogP contribution in [0.1, 0.15) is 29.2 Å². The fourth-order valence-electron chi connectivity index (χ4n) is 3.10. The van der Waals surface area contributed by atoms with Crippen molar-refractivity contribution in [3.8, 4) is 0 Å². The summed E-state index contributed by atoms with van der Waals surface area (Å²) in [6.45, 7) is 5.62. The lowest BCUT2D eigenvalue weighted by Crippen LogP contribution is -2.20. The molecule has 2 aromatic carbocycles. The van der Waals surface area contributed by atoms with Gasteiger partial charge in [-0.2, -0.15) is 9.37 Å². The minimum atomic E-state index is -1.58. The van der Waals surface area contributed by atoms with Crippen LogP contribution in [0.3, 0.4) is 0 Å². The highest BCUT2D eigenvalue weighted by molar-refractivity contribution is 5.61. The van der Waals surface area contributed by atoms with Gasteiger partial charge in [0.25, 0.3) is 0 Å². The number of benzene rings is 2. The summed E-state index contributed by atoms with van der Waals surface area (Å²) in [7, 11) is 0. The zero-order valence-corrected chi connectivity index (χ0v) is 16.1. The predicted octanol–water partition coefficient (Wildman–Crippen LogP) is 4.77. The summed E-state index contributed by atoms with van der Waals surface area (Å²) in [5.41, 5.74) is 2.71. The predicted molar refractivity (Wildman–Crippen MR) is 102 cm³/mol. The summed E-state index contributed by atoms with van der Waals surface area (Å²) in [6, 6.07) is 5.49. The van der Waals surface area contributed by atoms with Crippen LogP contribution in [0.4, 0.5) is 29.2 Å². The molecule has 3 aromatic rings. The number of nitrogens with one attached hydrogen (secondary N) is 1. The van der Waals surface area contributed by atoms with Gasteiger partial charge >= 0.3 is 5.56 Å². The zero-order valence-electron chi connectivity index (χ0n) is 16.1. The maximum absolute atomic E-state index is 13.8. The fraction of sp³-hybridized carbons (Fsp3) is 0.238. The van der Waals surface area contributed by atoms with Gasteiger partial charge in [-0.25, -0.2) is 13.2 Å². The Kier molecular flexibility index (Phi) is 5.72. The molecule has 0 unspecified atom stereocenters. The van der Waals surface area contributed by atoms with Crippen molar-refractivity contribution in [3.63, 3.8) is 0 Å². The van der Waals surface area contributed by atoms with Gasteiger partial charge in [0, 0.05) is 11.9 Å². The highest BCUT2D eigenvalue weighted by atomic mass is 19.2. The van der Waals surface area contributed by atoms with Crippen LogP contribution in [0.25, 0.3) is 0 Å². The molecule has 0 spiro atoms. The van der Waals surface area contributed by atoms with Crippen LogP contribution in [0.2, 0.25) is 0 Å². The van der Waals surface area contributed by atoms with Gasteiger partial charge in [0.2, 0.25) is 11.8 Å². The summed E-state index contributed by atoms with van der Waals surface area (Å²) in [6.07, 6.45) is 1.74. The van der Waals surface area contributed by atoms with E-state index in [9.17, 15) is 22.4 Å². The number of nitrogens with zero attached hydrogens (tertiary/aromatic N) is 2. The minimum absolute atomic E-state index is 0.00621. The SMILES string of the molecule is CCc1cc(C)c(Nc2nc(=O)c(F)cn2Cc2cc(F)c(F)c(F)c2)cc1C. The van der Waals surface area contributed by atoms with E-state index in [4.69, 9.17) is 0 Å². The van der Waals surface area contributed by atoms with E-state index in [0.29, 0.717) is 5.69 Å². The second kappa shape index (κ2) is 8.06. The van der Waals surface area contributed by atoms with Gasteiger partial charge in [-0.15, -0.1) is 0 Å². The Morgan fingerprint density at radius 3 is 2.24 bits per heavy atom. The van der Waals surface area contributed by atoms with E-state index < -0.39 is 28.8 Å². The highest BCUT2D eigenvalue weighted by Gasteiger charge is 2.14. The molecule has 4 nitrogen and oxygen atoms in total. The van der Waals surface area contributed by atoms with E-state index >= 15 is 0 Å². The molecule has 152 valence electrons. The van der Waals surface area contributed by atoms with Crippen LogP contribution in [0.5, 0.6) is 0 Å². The number of anilines is 2. The van der Waals surface area contributed by atoms with E-state index in [0.717, 1.165) is 41.4 Å². The summed E-state index contributed by atoms with van der Waals surface area (Å²) >= 11 is 0. The monoisotopic (exact) mass is 405 g/mol. The Balaban J connectivity index is 2.03. The van der Waals surface area contributed by atoms with Crippen LogP contribution >= 0.6 is 0 Å². The highest BCUT2D eigenvalue weighted by Crippen LogP contribution is 2.24. The molecule has 0 bridgehead atoms. The van der Waals surface area contributed by atoms with Crippen LogP contribution in [-0.4, -0.2) is 9.55 Å². The van der Waals surface area contributed by atoms with Gasteiger partial charge in [0.1, 0.15) is 0 Å². The first-order valence-electron chi connectivity index (χ1n) is 8.97. The number of hydrogen-bond acceptors (Lipinski definition) is 3.